The van der Waals surface area contributed by atoms with Crippen molar-refractivity contribution in [1.29, 1.82) is 5.26 Å². The van der Waals surface area contributed by atoms with Crippen LogP contribution in [0.5, 0.6) is 0 Å². The van der Waals surface area contributed by atoms with Crippen LogP contribution < -0.4 is 0 Å². The van der Waals surface area contributed by atoms with E-state index in [1.54, 1.807) is 0 Å². The Kier molecular flexibility index (Phi) is 6.36. The van der Waals surface area contributed by atoms with Crippen molar-refractivity contribution in [2.24, 2.45) is 5.92 Å². The van der Waals surface area contributed by atoms with Crippen LogP contribution in [-0.2, 0) is 17.1 Å². The van der Waals surface area contributed by atoms with Gasteiger partial charge in [0.2, 0.25) is 0 Å². The Labute approximate surface area is 159 Å². The molecule has 0 spiro atoms. The minimum atomic E-state index is -4.89. The largest absolute Gasteiger partial charge is 0.416 e. The number of alkyl halides is 6. The molecule has 1 saturated heterocycles. The zero-order valence-electron chi connectivity index (χ0n) is 15.8. The van der Waals surface area contributed by atoms with Gasteiger partial charge in [0, 0.05) is 12.1 Å². The summed E-state index contributed by atoms with van der Waals surface area (Å²) < 4.78 is 83.8. The van der Waals surface area contributed by atoms with Gasteiger partial charge in [-0.3, -0.25) is 4.90 Å². The van der Waals surface area contributed by atoms with E-state index < -0.39 is 35.1 Å². The number of nitriles is 1. The summed E-state index contributed by atoms with van der Waals surface area (Å²) in [4.78, 5) is 1.95. The average molecular weight is 408 g/mol. The molecule has 1 heterocycles. The van der Waals surface area contributed by atoms with Crippen molar-refractivity contribution in [3.8, 4) is 6.07 Å². The lowest BCUT2D eigenvalue weighted by atomic mass is 9.85. The van der Waals surface area contributed by atoms with Gasteiger partial charge in [0.15, 0.2) is 0 Å². The van der Waals surface area contributed by atoms with E-state index in [0.29, 0.717) is 31.5 Å². The first-order chi connectivity index (χ1) is 12.8. The van der Waals surface area contributed by atoms with E-state index in [2.05, 4.69) is 6.07 Å². The van der Waals surface area contributed by atoms with Crippen LogP contribution in [0, 0.1) is 17.2 Å². The highest BCUT2D eigenvalue weighted by Gasteiger charge is 2.39. The molecule has 0 saturated carbocycles. The lowest BCUT2D eigenvalue weighted by molar-refractivity contribution is -0.143. The zero-order valence-corrected chi connectivity index (χ0v) is 15.8. The molecular formula is C19H22F6N2O. The Hall–Kier alpha value is -1.79. The minimum Gasteiger partial charge on any atom is -0.372 e. The number of piperidine rings is 1. The Morgan fingerprint density at radius 3 is 2.14 bits per heavy atom. The van der Waals surface area contributed by atoms with Crippen molar-refractivity contribution in [3.05, 3.63) is 34.9 Å². The molecule has 0 N–H and O–H groups in total. The van der Waals surface area contributed by atoms with Gasteiger partial charge in [0.25, 0.3) is 0 Å². The molecule has 0 amide bonds. The van der Waals surface area contributed by atoms with Crippen molar-refractivity contribution in [3.63, 3.8) is 0 Å². The standard InChI is InChI=1S/C19H22F6N2O/c1-12(28-11-17(2)5-4-13(9-26)10-27(17)3)14-6-15(18(20,21)22)8-16(7-14)19(23,24)25/h6-8,12-13H,4-5,10-11H2,1-3H3/t12-,13?,17-/m1/s1. The van der Waals surface area contributed by atoms with Crippen LogP contribution in [-0.4, -0.2) is 30.6 Å². The highest BCUT2D eigenvalue weighted by Crippen LogP contribution is 2.38. The number of halogens is 6. The summed E-state index contributed by atoms with van der Waals surface area (Å²) in [6.45, 7) is 3.99. The lowest BCUT2D eigenvalue weighted by Gasteiger charge is -2.44. The molecule has 0 bridgehead atoms. The molecule has 0 aliphatic carbocycles. The number of hydrogen-bond donors (Lipinski definition) is 0. The summed E-state index contributed by atoms with van der Waals surface area (Å²) in [7, 11) is 1.82. The first kappa shape index (κ1) is 22.5. The second kappa shape index (κ2) is 7.91. The second-order valence-corrected chi connectivity index (χ2v) is 7.53. The van der Waals surface area contributed by atoms with Gasteiger partial charge in [0.05, 0.1) is 35.8 Å². The molecule has 3 nitrogen and oxygen atoms in total. The van der Waals surface area contributed by atoms with E-state index >= 15 is 0 Å². The molecule has 1 fully saturated rings. The van der Waals surface area contributed by atoms with E-state index in [-0.39, 0.29) is 24.2 Å². The maximum absolute atomic E-state index is 13.0. The topological polar surface area (TPSA) is 36.3 Å². The third-order valence-corrected chi connectivity index (χ3v) is 5.35. The summed E-state index contributed by atoms with van der Waals surface area (Å²) in [6, 6.07) is 3.70. The molecular weight excluding hydrogens is 386 g/mol. The fourth-order valence-corrected chi connectivity index (χ4v) is 3.22. The Morgan fingerprint density at radius 2 is 1.71 bits per heavy atom. The predicted molar refractivity (Wildman–Crippen MR) is 90.2 cm³/mol. The van der Waals surface area contributed by atoms with Crippen LogP contribution in [0.1, 0.15) is 49.5 Å². The van der Waals surface area contributed by atoms with Gasteiger partial charge in [0.1, 0.15) is 0 Å². The van der Waals surface area contributed by atoms with Crippen LogP contribution in [0.15, 0.2) is 18.2 Å². The van der Waals surface area contributed by atoms with Crippen molar-refractivity contribution < 1.29 is 31.1 Å². The number of likely N-dealkylation sites (N-methyl/N-ethyl adjacent to an activating group) is 1. The van der Waals surface area contributed by atoms with Crippen molar-refractivity contribution in [1.82, 2.24) is 4.90 Å². The number of likely N-dealkylation sites (tertiary alicyclic amines) is 1. The first-order valence-electron chi connectivity index (χ1n) is 8.78. The van der Waals surface area contributed by atoms with Gasteiger partial charge in [-0.05, 0) is 57.5 Å². The predicted octanol–water partition coefficient (Wildman–Crippen LogP) is 5.43. The molecule has 2 rings (SSSR count). The Bertz CT molecular complexity index is 707. The number of rotatable bonds is 4. The molecule has 1 aromatic carbocycles. The molecule has 1 aromatic rings. The van der Waals surface area contributed by atoms with Crippen molar-refractivity contribution in [2.45, 2.75) is 50.7 Å². The number of ether oxygens (including phenoxy) is 1. The van der Waals surface area contributed by atoms with Gasteiger partial charge >= 0.3 is 12.4 Å². The first-order valence-corrected chi connectivity index (χ1v) is 8.78. The maximum Gasteiger partial charge on any atom is 0.416 e. The molecule has 28 heavy (non-hydrogen) atoms. The fraction of sp³-hybridized carbons (Fsp3) is 0.632. The smallest absolute Gasteiger partial charge is 0.372 e. The summed E-state index contributed by atoms with van der Waals surface area (Å²) in [6.07, 6.45) is -9.43. The van der Waals surface area contributed by atoms with Crippen molar-refractivity contribution in [2.75, 3.05) is 20.2 Å². The summed E-state index contributed by atoms with van der Waals surface area (Å²) in [5, 5.41) is 9.04. The third kappa shape index (κ3) is 5.17. The molecule has 3 atom stereocenters. The van der Waals surface area contributed by atoms with Gasteiger partial charge < -0.3 is 4.74 Å². The number of benzene rings is 1. The van der Waals surface area contributed by atoms with Gasteiger partial charge in [-0.2, -0.15) is 31.6 Å². The fourth-order valence-electron chi connectivity index (χ4n) is 3.22. The molecule has 1 unspecified atom stereocenters. The molecule has 0 radical (unpaired) electrons. The quantitative estimate of drug-likeness (QED) is 0.624. The van der Waals surface area contributed by atoms with E-state index in [1.165, 1.54) is 6.92 Å². The lowest BCUT2D eigenvalue weighted by Crippen LogP contribution is -2.52. The van der Waals surface area contributed by atoms with Crippen LogP contribution in [0.2, 0.25) is 0 Å². The second-order valence-electron chi connectivity index (χ2n) is 7.53. The summed E-state index contributed by atoms with van der Waals surface area (Å²) >= 11 is 0. The summed E-state index contributed by atoms with van der Waals surface area (Å²) in [5.74, 6) is -0.103. The van der Waals surface area contributed by atoms with Crippen LogP contribution in [0.4, 0.5) is 26.3 Å². The van der Waals surface area contributed by atoms with E-state index in [0.717, 1.165) is 0 Å². The Balaban J connectivity index is 2.20. The van der Waals surface area contributed by atoms with Crippen LogP contribution in [0.25, 0.3) is 0 Å². The highest BCUT2D eigenvalue weighted by atomic mass is 19.4. The van der Waals surface area contributed by atoms with Gasteiger partial charge in [-0.15, -0.1) is 0 Å². The molecule has 156 valence electrons. The zero-order chi connectivity index (χ0) is 21.3. The third-order valence-electron chi connectivity index (χ3n) is 5.35. The van der Waals surface area contributed by atoms with E-state index in [1.807, 2.05) is 18.9 Å². The average Bonchev–Trinajstić information content (AvgIpc) is 2.60. The van der Waals surface area contributed by atoms with Crippen molar-refractivity contribution >= 4 is 0 Å². The SMILES string of the molecule is C[C@@H](OC[C@@]1(C)CCC(C#N)CN1C)c1cc(C(F)(F)F)cc(C(F)(F)F)c1. The molecule has 1 aliphatic rings. The van der Waals surface area contributed by atoms with E-state index in [9.17, 15) is 26.3 Å². The monoisotopic (exact) mass is 408 g/mol. The van der Waals surface area contributed by atoms with Gasteiger partial charge in [-0.25, -0.2) is 0 Å². The molecule has 9 heteroatoms. The molecule has 1 aliphatic heterocycles. The minimum absolute atomic E-state index is 0.103. The summed E-state index contributed by atoms with van der Waals surface area (Å²) in [5.41, 5.74) is -3.34. The maximum atomic E-state index is 13.0. The Morgan fingerprint density at radius 1 is 1.18 bits per heavy atom. The van der Waals surface area contributed by atoms with Gasteiger partial charge in [-0.1, -0.05) is 0 Å². The number of hydrogen-bond acceptors (Lipinski definition) is 3. The molecule has 0 aromatic heterocycles. The van der Waals surface area contributed by atoms with E-state index in [4.69, 9.17) is 10.00 Å². The number of nitrogens with zero attached hydrogens (tertiary/aromatic N) is 2. The highest BCUT2D eigenvalue weighted by molar-refractivity contribution is 5.34. The van der Waals surface area contributed by atoms with Crippen LogP contribution in [0.3, 0.4) is 0 Å². The normalized spacial score (nSPS) is 25.4. The van der Waals surface area contributed by atoms with Crippen LogP contribution >= 0.6 is 0 Å².